The Bertz CT molecular complexity index is 581. The molecule has 1 aliphatic rings. The first kappa shape index (κ1) is 14.2. The van der Waals surface area contributed by atoms with Crippen LogP contribution in [0.3, 0.4) is 0 Å². The van der Waals surface area contributed by atoms with Crippen LogP contribution in [-0.4, -0.2) is 39.4 Å². The van der Waals surface area contributed by atoms with Crippen molar-refractivity contribution in [3.8, 4) is 0 Å². The molecule has 1 aliphatic heterocycles. The lowest BCUT2D eigenvalue weighted by Gasteiger charge is -2.31. The molecule has 5 heteroatoms. The van der Waals surface area contributed by atoms with Crippen molar-refractivity contribution in [2.45, 2.75) is 25.9 Å². The standard InChI is InChI=1S/C16H22N4O/c1-3-21-12-15-11-20(8-13-4-6-17-7-5-13)10-14-9-19(2)18-16(14)15/h4-7,9,15H,3,8,10-12H2,1-2H3. The van der Waals surface area contributed by atoms with Crippen LogP contribution < -0.4 is 0 Å². The minimum Gasteiger partial charge on any atom is -0.381 e. The summed E-state index contributed by atoms with van der Waals surface area (Å²) in [6.07, 6.45) is 5.84. The Balaban J connectivity index is 1.76. The van der Waals surface area contributed by atoms with E-state index in [9.17, 15) is 0 Å². The monoisotopic (exact) mass is 286 g/mol. The number of rotatable bonds is 5. The smallest absolute Gasteiger partial charge is 0.0736 e. The summed E-state index contributed by atoms with van der Waals surface area (Å²) in [5.74, 6) is 0.358. The normalized spacial score (nSPS) is 18.7. The van der Waals surface area contributed by atoms with Crippen LogP contribution in [0.25, 0.3) is 0 Å². The third kappa shape index (κ3) is 3.31. The Kier molecular flexibility index (Phi) is 4.31. The Morgan fingerprint density at radius 3 is 2.90 bits per heavy atom. The van der Waals surface area contributed by atoms with Crippen LogP contribution in [0.2, 0.25) is 0 Å². The highest BCUT2D eigenvalue weighted by molar-refractivity contribution is 5.25. The third-order valence-electron chi connectivity index (χ3n) is 3.88. The molecule has 0 bridgehead atoms. The molecule has 3 heterocycles. The molecule has 0 saturated carbocycles. The van der Waals surface area contributed by atoms with Gasteiger partial charge in [-0.15, -0.1) is 0 Å². The Morgan fingerprint density at radius 1 is 1.33 bits per heavy atom. The van der Waals surface area contributed by atoms with Crippen molar-refractivity contribution in [1.29, 1.82) is 0 Å². The average molecular weight is 286 g/mol. The van der Waals surface area contributed by atoms with E-state index in [2.05, 4.69) is 33.3 Å². The van der Waals surface area contributed by atoms with Gasteiger partial charge in [-0.1, -0.05) is 0 Å². The number of aryl methyl sites for hydroxylation is 1. The van der Waals surface area contributed by atoms with E-state index in [1.54, 1.807) is 0 Å². The van der Waals surface area contributed by atoms with E-state index in [0.717, 1.165) is 32.8 Å². The van der Waals surface area contributed by atoms with Crippen LogP contribution in [0.15, 0.2) is 30.7 Å². The lowest BCUT2D eigenvalue weighted by Crippen LogP contribution is -2.34. The Morgan fingerprint density at radius 2 is 2.14 bits per heavy atom. The number of fused-ring (bicyclic) bond motifs is 1. The molecule has 1 unspecified atom stereocenters. The number of pyridine rings is 1. The van der Waals surface area contributed by atoms with Gasteiger partial charge >= 0.3 is 0 Å². The zero-order chi connectivity index (χ0) is 14.7. The Labute approximate surface area is 125 Å². The maximum absolute atomic E-state index is 5.65. The molecule has 3 rings (SSSR count). The third-order valence-corrected chi connectivity index (χ3v) is 3.88. The van der Waals surface area contributed by atoms with Crippen molar-refractivity contribution in [3.05, 3.63) is 47.5 Å². The first-order valence-electron chi connectivity index (χ1n) is 7.47. The molecule has 0 N–H and O–H groups in total. The van der Waals surface area contributed by atoms with Crippen molar-refractivity contribution in [1.82, 2.24) is 19.7 Å². The average Bonchev–Trinajstić information content (AvgIpc) is 2.86. The van der Waals surface area contributed by atoms with Gasteiger partial charge in [-0.25, -0.2) is 0 Å². The number of ether oxygens (including phenoxy) is 1. The molecule has 1 atom stereocenters. The van der Waals surface area contributed by atoms with Crippen LogP contribution in [0, 0.1) is 0 Å². The van der Waals surface area contributed by atoms with Crippen molar-refractivity contribution in [2.75, 3.05) is 19.8 Å². The fraction of sp³-hybridized carbons (Fsp3) is 0.500. The molecule has 0 aromatic carbocycles. The van der Waals surface area contributed by atoms with E-state index in [-0.39, 0.29) is 0 Å². The highest BCUT2D eigenvalue weighted by Gasteiger charge is 2.28. The van der Waals surface area contributed by atoms with Gasteiger partial charge in [-0.05, 0) is 24.6 Å². The van der Waals surface area contributed by atoms with Gasteiger partial charge in [0, 0.05) is 63.4 Å². The summed E-state index contributed by atoms with van der Waals surface area (Å²) in [4.78, 5) is 6.54. The molecule has 0 radical (unpaired) electrons. The van der Waals surface area contributed by atoms with Crippen LogP contribution in [0.5, 0.6) is 0 Å². The number of hydrogen-bond acceptors (Lipinski definition) is 4. The lowest BCUT2D eigenvalue weighted by molar-refractivity contribution is 0.104. The van der Waals surface area contributed by atoms with E-state index in [4.69, 9.17) is 4.74 Å². The van der Waals surface area contributed by atoms with E-state index >= 15 is 0 Å². The summed E-state index contributed by atoms with van der Waals surface area (Å²) < 4.78 is 7.57. The molecule has 2 aromatic rings. The second-order valence-electron chi connectivity index (χ2n) is 5.59. The van der Waals surface area contributed by atoms with Gasteiger partial charge in [0.25, 0.3) is 0 Å². The van der Waals surface area contributed by atoms with Gasteiger partial charge in [-0.2, -0.15) is 5.10 Å². The number of nitrogens with zero attached hydrogens (tertiary/aromatic N) is 4. The van der Waals surface area contributed by atoms with Gasteiger partial charge < -0.3 is 4.74 Å². The highest BCUT2D eigenvalue weighted by atomic mass is 16.5. The van der Waals surface area contributed by atoms with Gasteiger partial charge in [0.2, 0.25) is 0 Å². The lowest BCUT2D eigenvalue weighted by atomic mass is 9.97. The maximum atomic E-state index is 5.65. The second-order valence-corrected chi connectivity index (χ2v) is 5.59. The van der Waals surface area contributed by atoms with E-state index in [1.807, 2.05) is 31.0 Å². The first-order valence-corrected chi connectivity index (χ1v) is 7.47. The molecule has 2 aromatic heterocycles. The van der Waals surface area contributed by atoms with Crippen LogP contribution >= 0.6 is 0 Å². The second kappa shape index (κ2) is 6.37. The summed E-state index contributed by atoms with van der Waals surface area (Å²) in [6, 6.07) is 4.16. The topological polar surface area (TPSA) is 43.2 Å². The van der Waals surface area contributed by atoms with Gasteiger partial charge in [0.05, 0.1) is 12.3 Å². The van der Waals surface area contributed by atoms with Crippen LogP contribution in [0.4, 0.5) is 0 Å². The largest absolute Gasteiger partial charge is 0.381 e. The summed E-state index contributed by atoms with van der Waals surface area (Å²) in [5.41, 5.74) is 3.83. The molecule has 112 valence electrons. The highest BCUT2D eigenvalue weighted by Crippen LogP contribution is 2.28. The molecule has 21 heavy (non-hydrogen) atoms. The SMILES string of the molecule is CCOCC1CN(Cc2ccncc2)Cc2cn(C)nc21. The van der Waals surface area contributed by atoms with Crippen molar-refractivity contribution in [3.63, 3.8) is 0 Å². The molecule has 0 saturated heterocycles. The summed E-state index contributed by atoms with van der Waals surface area (Å²) >= 11 is 0. The van der Waals surface area contributed by atoms with E-state index in [0.29, 0.717) is 5.92 Å². The fourth-order valence-corrected chi connectivity index (χ4v) is 2.98. The van der Waals surface area contributed by atoms with Gasteiger partial charge in [0.1, 0.15) is 0 Å². The van der Waals surface area contributed by atoms with Gasteiger partial charge in [0.15, 0.2) is 0 Å². The molecule has 0 amide bonds. The van der Waals surface area contributed by atoms with Crippen molar-refractivity contribution in [2.24, 2.45) is 7.05 Å². The summed E-state index contributed by atoms with van der Waals surface area (Å²) in [5, 5.41) is 4.63. The van der Waals surface area contributed by atoms with Gasteiger partial charge in [-0.3, -0.25) is 14.6 Å². The van der Waals surface area contributed by atoms with Crippen molar-refractivity contribution < 1.29 is 4.74 Å². The molecular weight excluding hydrogens is 264 g/mol. The zero-order valence-electron chi connectivity index (χ0n) is 12.7. The minimum absolute atomic E-state index is 0.358. The molecular formula is C16H22N4O. The van der Waals surface area contributed by atoms with E-state index in [1.165, 1.54) is 16.8 Å². The van der Waals surface area contributed by atoms with Crippen LogP contribution in [0.1, 0.15) is 29.7 Å². The predicted octanol–water partition coefficient (Wildman–Crippen LogP) is 1.95. The number of aromatic nitrogens is 3. The predicted molar refractivity (Wildman–Crippen MR) is 80.8 cm³/mol. The summed E-state index contributed by atoms with van der Waals surface area (Å²) in [7, 11) is 1.99. The first-order chi connectivity index (χ1) is 10.3. The van der Waals surface area contributed by atoms with Crippen LogP contribution in [-0.2, 0) is 24.9 Å². The van der Waals surface area contributed by atoms with Crippen molar-refractivity contribution >= 4 is 0 Å². The van der Waals surface area contributed by atoms with E-state index < -0.39 is 0 Å². The molecule has 5 nitrogen and oxygen atoms in total. The Hall–Kier alpha value is -1.72. The maximum Gasteiger partial charge on any atom is 0.0736 e. The fourth-order valence-electron chi connectivity index (χ4n) is 2.98. The molecule has 0 aliphatic carbocycles. The molecule has 0 spiro atoms. The minimum atomic E-state index is 0.358. The summed E-state index contributed by atoms with van der Waals surface area (Å²) in [6.45, 7) is 6.42. The number of hydrogen-bond donors (Lipinski definition) is 0. The zero-order valence-corrected chi connectivity index (χ0v) is 12.7. The quantitative estimate of drug-likeness (QED) is 0.842. The molecule has 0 fully saturated rings.